The summed E-state index contributed by atoms with van der Waals surface area (Å²) in [4.78, 5) is 15.8. The van der Waals surface area contributed by atoms with Gasteiger partial charge >= 0.3 is 5.97 Å². The van der Waals surface area contributed by atoms with Crippen LogP contribution >= 0.6 is 11.3 Å². The molecule has 1 aromatic heterocycles. The van der Waals surface area contributed by atoms with Crippen molar-refractivity contribution in [3.8, 4) is 10.6 Å². The highest BCUT2D eigenvalue weighted by Crippen LogP contribution is 2.37. The van der Waals surface area contributed by atoms with E-state index in [-0.39, 0.29) is 10.7 Å². The van der Waals surface area contributed by atoms with E-state index in [1.165, 1.54) is 0 Å². The van der Waals surface area contributed by atoms with E-state index >= 15 is 0 Å². The molecule has 6 nitrogen and oxygen atoms in total. The molecule has 0 aliphatic rings. The molecular weight excluding hydrogens is 360 g/mol. The second kappa shape index (κ2) is 7.14. The highest BCUT2D eigenvalue weighted by molar-refractivity contribution is 7.81. The Morgan fingerprint density at radius 1 is 1.16 bits per heavy atom. The number of nitrogens with zero attached hydrogens (tertiary/aromatic N) is 2. The third-order valence-electron chi connectivity index (χ3n) is 3.43. The Kier molecular flexibility index (Phi) is 4.93. The number of hydrogen-bond acceptors (Lipinski definition) is 5. The lowest BCUT2D eigenvalue weighted by atomic mass is 10.2. The van der Waals surface area contributed by atoms with E-state index in [0.29, 0.717) is 10.7 Å². The van der Waals surface area contributed by atoms with Gasteiger partial charge in [0.05, 0.1) is 17.0 Å². The molecule has 0 aliphatic carbocycles. The van der Waals surface area contributed by atoms with Gasteiger partial charge in [-0.25, -0.2) is 9.78 Å². The lowest BCUT2D eigenvalue weighted by molar-refractivity contribution is 0.0703. The van der Waals surface area contributed by atoms with Crippen molar-refractivity contribution < 1.29 is 18.7 Å². The van der Waals surface area contributed by atoms with Crippen LogP contribution in [0.1, 0.15) is 15.2 Å². The maximum Gasteiger partial charge on any atom is 0.349 e. The van der Waals surface area contributed by atoms with E-state index in [4.69, 9.17) is 0 Å². The van der Waals surface area contributed by atoms with Crippen LogP contribution in [0, 0.1) is 6.92 Å². The van der Waals surface area contributed by atoms with Crippen molar-refractivity contribution >= 4 is 40.1 Å². The number of carbonyl (C=O) groups is 1. The van der Waals surface area contributed by atoms with Crippen molar-refractivity contribution in [3.05, 3.63) is 65.0 Å². The summed E-state index contributed by atoms with van der Waals surface area (Å²) >= 11 is -1.78. The molecule has 3 aromatic rings. The zero-order valence-electron chi connectivity index (χ0n) is 13.1. The molecule has 2 aromatic carbocycles. The molecule has 1 heterocycles. The number of carboxylic acid groups (broad SMARTS) is 1. The first-order chi connectivity index (χ1) is 12.0. The van der Waals surface area contributed by atoms with E-state index in [0.717, 1.165) is 26.8 Å². The van der Waals surface area contributed by atoms with Gasteiger partial charge in [-0.2, -0.15) is 0 Å². The second-order valence-corrected chi connectivity index (χ2v) is 6.99. The third-order valence-corrected chi connectivity index (χ3v) is 5.20. The number of anilines is 2. The van der Waals surface area contributed by atoms with E-state index in [9.17, 15) is 18.7 Å². The van der Waals surface area contributed by atoms with Crippen LogP contribution in [0.5, 0.6) is 0 Å². The van der Waals surface area contributed by atoms with Crippen LogP contribution in [0.25, 0.3) is 10.6 Å². The summed E-state index contributed by atoms with van der Waals surface area (Å²) in [5, 5.41) is 9.93. The van der Waals surface area contributed by atoms with E-state index in [1.54, 1.807) is 48.5 Å². The van der Waals surface area contributed by atoms with Crippen LogP contribution in [-0.2, 0) is 11.3 Å². The number of aryl methyl sites for hydroxylation is 1. The summed E-state index contributed by atoms with van der Waals surface area (Å²) < 4.78 is 24.5. The molecule has 25 heavy (non-hydrogen) atoms. The Bertz CT molecular complexity index is 924. The minimum absolute atomic E-state index is 0.117. The van der Waals surface area contributed by atoms with Crippen molar-refractivity contribution in [2.24, 2.45) is 0 Å². The monoisotopic (exact) mass is 373 g/mol. The zero-order chi connectivity index (χ0) is 18.0. The smallest absolute Gasteiger partial charge is 0.349 e. The fraction of sp³-hybridized carbons (Fsp3) is 0.0588. The average molecular weight is 373 g/mol. The number of hydrogen-bond donors (Lipinski definition) is 1. The normalized spacial score (nSPS) is 11.9. The lowest BCUT2D eigenvalue weighted by Gasteiger charge is -2.24. The quantitative estimate of drug-likeness (QED) is 0.688. The molecule has 0 saturated carbocycles. The van der Waals surface area contributed by atoms with Crippen LogP contribution in [0.3, 0.4) is 0 Å². The molecule has 1 atom stereocenters. The predicted molar refractivity (Wildman–Crippen MR) is 96.7 cm³/mol. The number of thiazole rings is 1. The number of rotatable bonds is 5. The molecule has 0 aliphatic heterocycles. The highest BCUT2D eigenvalue weighted by atomic mass is 32.2. The van der Waals surface area contributed by atoms with Crippen molar-refractivity contribution in [2.45, 2.75) is 6.92 Å². The van der Waals surface area contributed by atoms with Gasteiger partial charge in [-0.1, -0.05) is 48.0 Å². The molecule has 0 saturated heterocycles. The lowest BCUT2D eigenvalue weighted by Crippen LogP contribution is -2.21. The maximum atomic E-state index is 11.8. The van der Waals surface area contributed by atoms with Gasteiger partial charge < -0.3 is 9.66 Å². The van der Waals surface area contributed by atoms with Gasteiger partial charge in [-0.3, -0.25) is 8.51 Å². The first-order valence-electron chi connectivity index (χ1n) is 7.23. The second-order valence-electron chi connectivity index (χ2n) is 5.19. The number of aromatic nitrogens is 1. The minimum Gasteiger partial charge on any atom is -0.755 e. The minimum atomic E-state index is -2.72. The fourth-order valence-corrected chi connectivity index (χ4v) is 3.77. The van der Waals surface area contributed by atoms with Gasteiger partial charge in [0.15, 0.2) is 10.7 Å². The molecule has 0 spiro atoms. The highest BCUT2D eigenvalue weighted by Gasteiger charge is 2.25. The molecule has 0 bridgehead atoms. The third kappa shape index (κ3) is 3.60. The Balaban J connectivity index is 2.15. The molecular formula is C17H13N2O4S2-. The van der Waals surface area contributed by atoms with Gasteiger partial charge in [0.1, 0.15) is 5.01 Å². The topological polar surface area (TPSA) is 93.6 Å². The summed E-state index contributed by atoms with van der Waals surface area (Å²) in [6.45, 7) is 1.88. The first-order valence-corrected chi connectivity index (χ1v) is 9.08. The van der Waals surface area contributed by atoms with Crippen LogP contribution in [-0.4, -0.2) is 24.8 Å². The van der Waals surface area contributed by atoms with E-state index in [1.807, 2.05) is 13.0 Å². The molecule has 0 amide bonds. The van der Waals surface area contributed by atoms with E-state index < -0.39 is 17.2 Å². The van der Waals surface area contributed by atoms with Gasteiger partial charge in [0.25, 0.3) is 0 Å². The fourth-order valence-electron chi connectivity index (χ4n) is 2.25. The molecule has 1 N–H and O–H groups in total. The molecule has 8 heteroatoms. The average Bonchev–Trinajstić information content (AvgIpc) is 3.02. The summed E-state index contributed by atoms with van der Waals surface area (Å²) in [5.41, 5.74) is 2.01. The van der Waals surface area contributed by atoms with Crippen LogP contribution in [0.4, 0.5) is 11.5 Å². The van der Waals surface area contributed by atoms with Crippen molar-refractivity contribution in [1.82, 2.24) is 4.98 Å². The summed E-state index contributed by atoms with van der Waals surface area (Å²) in [6.07, 6.45) is 0. The van der Waals surface area contributed by atoms with Crippen molar-refractivity contribution in [2.75, 3.05) is 4.31 Å². The van der Waals surface area contributed by atoms with Gasteiger partial charge in [-0.15, -0.1) is 11.3 Å². The maximum absolute atomic E-state index is 11.8. The molecule has 0 radical (unpaired) electrons. The van der Waals surface area contributed by atoms with Crippen molar-refractivity contribution in [3.63, 3.8) is 0 Å². The molecule has 0 fully saturated rings. The molecule has 128 valence electrons. The van der Waals surface area contributed by atoms with Gasteiger partial charge in [0, 0.05) is 5.56 Å². The Labute approximate surface area is 150 Å². The molecule has 3 rings (SSSR count). The van der Waals surface area contributed by atoms with Crippen LogP contribution in [0.2, 0.25) is 0 Å². The molecule has 1 unspecified atom stereocenters. The van der Waals surface area contributed by atoms with E-state index in [2.05, 4.69) is 4.98 Å². The largest absolute Gasteiger partial charge is 0.755 e. The Morgan fingerprint density at radius 3 is 2.36 bits per heavy atom. The summed E-state index contributed by atoms with van der Waals surface area (Å²) in [6, 6.07) is 15.7. The van der Waals surface area contributed by atoms with Crippen LogP contribution < -0.4 is 4.31 Å². The van der Waals surface area contributed by atoms with Gasteiger partial charge in [-0.05, 0) is 19.1 Å². The number of benzene rings is 2. The SMILES string of the molecule is Cc1ccc(N(c2nc(-c3ccccc3)sc2C(=O)O)S(=O)[O-])cc1. The number of carboxylic acids is 1. The Morgan fingerprint density at radius 2 is 1.80 bits per heavy atom. The summed E-state index contributed by atoms with van der Waals surface area (Å²) in [7, 11) is 0. The standard InChI is InChI=1S/C17H14N2O4S2/c1-11-7-9-13(10-8-11)19(25(22)23)15-14(17(20)21)24-16(18-15)12-5-3-2-4-6-12/h2-10H,1H3,(H,20,21)(H,22,23)/p-1. The first kappa shape index (κ1) is 17.3. The van der Waals surface area contributed by atoms with Crippen LogP contribution in [0.15, 0.2) is 54.6 Å². The number of aromatic carboxylic acids is 1. The Hall–Kier alpha value is -2.55. The predicted octanol–water partition coefficient (Wildman–Crippen LogP) is 3.75. The summed E-state index contributed by atoms with van der Waals surface area (Å²) in [5.74, 6) is -1.34. The van der Waals surface area contributed by atoms with Crippen molar-refractivity contribution in [1.29, 1.82) is 0 Å². The van der Waals surface area contributed by atoms with Gasteiger partial charge in [0.2, 0.25) is 0 Å². The zero-order valence-corrected chi connectivity index (χ0v) is 14.7.